The van der Waals surface area contributed by atoms with Gasteiger partial charge in [0, 0.05) is 12.6 Å². The predicted molar refractivity (Wildman–Crippen MR) is 133 cm³/mol. The van der Waals surface area contributed by atoms with Crippen molar-refractivity contribution < 1.29 is 18.0 Å². The first-order valence-corrected chi connectivity index (χ1v) is 12.6. The van der Waals surface area contributed by atoms with Crippen molar-refractivity contribution in [3.63, 3.8) is 0 Å². The Kier molecular flexibility index (Phi) is 9.45. The van der Waals surface area contributed by atoms with E-state index in [0.717, 1.165) is 25.9 Å². The molecule has 3 rings (SSSR count). The average molecular weight is 485 g/mol. The number of thiol groups is 1. The second-order valence-corrected chi connectivity index (χ2v) is 9.61. The lowest BCUT2D eigenvalue weighted by Crippen LogP contribution is -2.44. The van der Waals surface area contributed by atoms with E-state index in [1.165, 1.54) is 20.6 Å². The van der Waals surface area contributed by atoms with Gasteiger partial charge in [0.25, 0.3) is 0 Å². The van der Waals surface area contributed by atoms with Crippen LogP contribution in [0.25, 0.3) is 10.8 Å². The summed E-state index contributed by atoms with van der Waals surface area (Å²) in [5, 5.41) is 7.35. The Morgan fingerprint density at radius 3 is 2.53 bits per heavy atom. The van der Waals surface area contributed by atoms with E-state index in [1.54, 1.807) is 0 Å². The molecule has 34 heavy (non-hydrogen) atoms. The molecule has 1 aliphatic rings. The van der Waals surface area contributed by atoms with Crippen LogP contribution in [0.5, 0.6) is 0 Å². The molecule has 0 aromatic heterocycles. The number of carbonyl (C=O) groups excluding carboxylic acids is 2. The molecule has 0 spiro atoms. The number of nitrogens with one attached hydrogen (secondary N) is 2. The van der Waals surface area contributed by atoms with E-state index >= 15 is 0 Å². The molecule has 2 amide bonds. The average Bonchev–Trinajstić information content (AvgIpc) is 2.85. The SMILES string of the molecule is C#CCNC(=O)CNC(=O)CN(CC1CCN(C(C)c2cccc3ccccc23)CC1)[SH](=O)=O. The van der Waals surface area contributed by atoms with E-state index in [0.29, 0.717) is 6.54 Å². The van der Waals surface area contributed by atoms with Gasteiger partial charge < -0.3 is 10.6 Å². The van der Waals surface area contributed by atoms with Crippen LogP contribution < -0.4 is 10.6 Å². The third-order valence-electron chi connectivity index (χ3n) is 6.33. The lowest BCUT2D eigenvalue weighted by atomic mass is 9.93. The van der Waals surface area contributed by atoms with Crippen molar-refractivity contribution in [1.82, 2.24) is 19.8 Å². The molecule has 0 radical (unpaired) electrons. The number of hydrogen-bond acceptors (Lipinski definition) is 5. The first-order chi connectivity index (χ1) is 16.4. The normalized spacial score (nSPS) is 15.8. The number of amides is 2. The highest BCUT2D eigenvalue weighted by Gasteiger charge is 2.27. The molecule has 1 heterocycles. The van der Waals surface area contributed by atoms with Crippen molar-refractivity contribution >= 4 is 33.5 Å². The van der Waals surface area contributed by atoms with E-state index in [4.69, 9.17) is 6.42 Å². The lowest BCUT2D eigenvalue weighted by Gasteiger charge is -2.37. The van der Waals surface area contributed by atoms with Crippen molar-refractivity contribution in [2.24, 2.45) is 5.92 Å². The molecule has 0 aliphatic carbocycles. The van der Waals surface area contributed by atoms with Crippen LogP contribution in [0.2, 0.25) is 0 Å². The zero-order valence-electron chi connectivity index (χ0n) is 19.4. The number of hydrogen-bond donors (Lipinski definition) is 3. The standard InChI is InChI=1S/C25H32N4O4S/c1-3-13-26-24(30)16-27-25(31)18-29(34(32)33)17-20-11-14-28(15-12-20)19(2)22-10-6-8-21-7-4-5-9-23(21)22/h1,4-10,19-20,34H,11-18H2,2H3,(H,26,30)(H,27,31). The summed E-state index contributed by atoms with van der Waals surface area (Å²) in [5.41, 5.74) is 1.30. The number of carbonyl (C=O) groups is 2. The Hall–Kier alpha value is -2.93. The summed E-state index contributed by atoms with van der Waals surface area (Å²) in [6.07, 6.45) is 6.77. The van der Waals surface area contributed by atoms with Crippen LogP contribution in [0, 0.1) is 18.3 Å². The summed E-state index contributed by atoms with van der Waals surface area (Å²) in [6, 6.07) is 15.0. The number of benzene rings is 2. The third kappa shape index (κ3) is 7.03. The Labute approximate surface area is 202 Å². The van der Waals surface area contributed by atoms with Crippen molar-refractivity contribution in [2.75, 3.05) is 39.3 Å². The van der Waals surface area contributed by atoms with Gasteiger partial charge >= 0.3 is 0 Å². The number of nitrogens with zero attached hydrogens (tertiary/aromatic N) is 2. The summed E-state index contributed by atoms with van der Waals surface area (Å²) >= 11 is 0. The van der Waals surface area contributed by atoms with Crippen LogP contribution in [0.1, 0.15) is 31.4 Å². The van der Waals surface area contributed by atoms with Gasteiger partial charge in [0.2, 0.25) is 22.7 Å². The minimum Gasteiger partial charge on any atom is -0.346 e. The monoisotopic (exact) mass is 484 g/mol. The van der Waals surface area contributed by atoms with Gasteiger partial charge in [-0.1, -0.05) is 48.4 Å². The number of rotatable bonds is 10. The van der Waals surface area contributed by atoms with Gasteiger partial charge in [0.15, 0.2) is 0 Å². The van der Waals surface area contributed by atoms with E-state index in [1.807, 2.05) is 6.07 Å². The number of likely N-dealkylation sites (tertiary alicyclic amines) is 1. The predicted octanol–water partition coefficient (Wildman–Crippen LogP) is 1.31. The second-order valence-electron chi connectivity index (χ2n) is 8.57. The molecular formula is C25H32N4O4S. The van der Waals surface area contributed by atoms with Crippen LogP contribution in [-0.4, -0.2) is 68.7 Å². The van der Waals surface area contributed by atoms with E-state index < -0.39 is 22.7 Å². The maximum Gasteiger partial charge on any atom is 0.240 e. The van der Waals surface area contributed by atoms with Crippen LogP contribution in [0.15, 0.2) is 42.5 Å². The van der Waals surface area contributed by atoms with Gasteiger partial charge in [-0.25, -0.2) is 8.42 Å². The highest BCUT2D eigenvalue weighted by molar-refractivity contribution is 7.69. The molecule has 1 atom stereocenters. The van der Waals surface area contributed by atoms with Crippen LogP contribution in [0.3, 0.4) is 0 Å². The molecule has 2 N–H and O–H groups in total. The summed E-state index contributed by atoms with van der Waals surface area (Å²) < 4.78 is 24.6. The zero-order chi connectivity index (χ0) is 24.5. The summed E-state index contributed by atoms with van der Waals surface area (Å²) in [6.45, 7) is 3.77. The minimum absolute atomic E-state index is 0.0745. The minimum atomic E-state index is -2.90. The maximum atomic E-state index is 12.1. The molecule has 1 unspecified atom stereocenters. The Morgan fingerprint density at radius 1 is 1.12 bits per heavy atom. The number of terminal acetylenes is 1. The highest BCUT2D eigenvalue weighted by atomic mass is 32.2. The Morgan fingerprint density at radius 2 is 1.82 bits per heavy atom. The lowest BCUT2D eigenvalue weighted by molar-refractivity contribution is -0.126. The molecule has 0 bridgehead atoms. The zero-order valence-corrected chi connectivity index (χ0v) is 20.3. The van der Waals surface area contributed by atoms with Crippen LogP contribution in [0.4, 0.5) is 0 Å². The van der Waals surface area contributed by atoms with Gasteiger partial charge in [0.05, 0.1) is 19.6 Å². The first-order valence-electron chi connectivity index (χ1n) is 11.5. The highest BCUT2D eigenvalue weighted by Crippen LogP contribution is 2.31. The molecule has 2 aromatic rings. The van der Waals surface area contributed by atoms with Crippen LogP contribution >= 0.6 is 0 Å². The smallest absolute Gasteiger partial charge is 0.240 e. The molecule has 8 nitrogen and oxygen atoms in total. The van der Waals surface area contributed by atoms with Crippen molar-refractivity contribution in [1.29, 1.82) is 0 Å². The molecule has 0 saturated carbocycles. The molecule has 1 fully saturated rings. The van der Waals surface area contributed by atoms with Gasteiger partial charge in [-0.15, -0.1) is 6.42 Å². The van der Waals surface area contributed by atoms with E-state index in [2.05, 4.69) is 64.8 Å². The van der Waals surface area contributed by atoms with Crippen molar-refractivity contribution in [3.05, 3.63) is 48.0 Å². The fourth-order valence-corrected chi connectivity index (χ4v) is 5.04. The summed E-state index contributed by atoms with van der Waals surface area (Å²) in [5.74, 6) is 1.51. The number of piperidine rings is 1. The Bertz CT molecular complexity index is 1110. The van der Waals surface area contributed by atoms with Gasteiger partial charge in [-0.05, 0) is 55.1 Å². The van der Waals surface area contributed by atoms with Crippen molar-refractivity contribution in [3.8, 4) is 12.3 Å². The van der Waals surface area contributed by atoms with Gasteiger partial charge in [-0.3, -0.25) is 14.5 Å². The maximum absolute atomic E-state index is 12.1. The van der Waals surface area contributed by atoms with Crippen molar-refractivity contribution in [2.45, 2.75) is 25.8 Å². The summed E-state index contributed by atoms with van der Waals surface area (Å²) in [7, 11) is -2.90. The summed E-state index contributed by atoms with van der Waals surface area (Å²) in [4.78, 5) is 26.1. The first kappa shape index (κ1) is 25.7. The molecule has 182 valence electrons. The molecule has 9 heteroatoms. The topological polar surface area (TPSA) is 98.8 Å². The largest absolute Gasteiger partial charge is 0.346 e. The van der Waals surface area contributed by atoms with E-state index in [-0.39, 0.29) is 31.6 Å². The quantitative estimate of drug-likeness (QED) is 0.349. The molecule has 1 saturated heterocycles. The molecule has 1 aliphatic heterocycles. The second kappa shape index (κ2) is 12.5. The van der Waals surface area contributed by atoms with Crippen LogP contribution in [-0.2, 0) is 20.5 Å². The fraction of sp³-hybridized carbons (Fsp3) is 0.440. The Balaban J connectivity index is 1.51. The molecule has 2 aromatic carbocycles. The fourth-order valence-electron chi connectivity index (χ4n) is 4.43. The molecular weight excluding hydrogens is 452 g/mol. The third-order valence-corrected chi connectivity index (χ3v) is 7.10. The number of fused-ring (bicyclic) bond motifs is 1. The van der Waals surface area contributed by atoms with E-state index in [9.17, 15) is 18.0 Å². The van der Waals surface area contributed by atoms with Gasteiger partial charge in [-0.2, -0.15) is 4.31 Å². The van der Waals surface area contributed by atoms with Gasteiger partial charge in [0.1, 0.15) is 0 Å².